The molecule has 1 aliphatic rings. The van der Waals surface area contributed by atoms with Crippen LogP contribution in [0.15, 0.2) is 18.7 Å². The summed E-state index contributed by atoms with van der Waals surface area (Å²) in [4.78, 5) is 3.92. The van der Waals surface area contributed by atoms with Crippen LogP contribution in [-0.4, -0.2) is 26.9 Å². The number of ether oxygens (including phenoxy) is 1. The molecule has 1 aliphatic heterocycles. The van der Waals surface area contributed by atoms with Crippen LogP contribution in [-0.2, 0) is 4.74 Å². The Balaban J connectivity index is 2.09. The molecule has 12 heavy (non-hydrogen) atoms. The Hall–Kier alpha value is -0.870. The lowest BCUT2D eigenvalue weighted by Gasteiger charge is -2.10. The van der Waals surface area contributed by atoms with Crippen molar-refractivity contribution in [1.82, 2.24) is 9.55 Å². The molecule has 1 N–H and O–H groups in total. The third-order valence-electron chi connectivity index (χ3n) is 2.21. The smallest absolute Gasteiger partial charge is 0.137 e. The standard InChI is InChI=1S/C8H12N2O2/c1-6-7(11)4-8(12-6)10-3-2-9-5-10/h2-3,5-8,11H,4H2,1H3/t6-,7+,8-/m1/s1. The van der Waals surface area contributed by atoms with Crippen LogP contribution < -0.4 is 0 Å². The zero-order chi connectivity index (χ0) is 8.55. The summed E-state index contributed by atoms with van der Waals surface area (Å²) in [5.74, 6) is 0. The zero-order valence-electron chi connectivity index (χ0n) is 6.92. The highest BCUT2D eigenvalue weighted by Crippen LogP contribution is 2.27. The number of aliphatic hydroxyl groups excluding tert-OH is 1. The molecule has 0 saturated carbocycles. The van der Waals surface area contributed by atoms with Gasteiger partial charge in [0, 0.05) is 18.8 Å². The average molecular weight is 168 g/mol. The fourth-order valence-electron chi connectivity index (χ4n) is 1.42. The lowest BCUT2D eigenvalue weighted by atomic mass is 10.2. The lowest BCUT2D eigenvalue weighted by molar-refractivity contribution is -0.00792. The van der Waals surface area contributed by atoms with E-state index in [1.807, 2.05) is 17.7 Å². The van der Waals surface area contributed by atoms with Crippen molar-refractivity contribution in [2.45, 2.75) is 31.8 Å². The van der Waals surface area contributed by atoms with Gasteiger partial charge in [-0.15, -0.1) is 0 Å². The molecule has 0 radical (unpaired) electrons. The van der Waals surface area contributed by atoms with Gasteiger partial charge in [0.2, 0.25) is 0 Å². The summed E-state index contributed by atoms with van der Waals surface area (Å²) in [7, 11) is 0. The average Bonchev–Trinajstić information content (AvgIpc) is 2.61. The molecule has 2 heterocycles. The second-order valence-electron chi connectivity index (χ2n) is 3.11. The number of imidazole rings is 1. The largest absolute Gasteiger partial charge is 0.390 e. The van der Waals surface area contributed by atoms with E-state index in [4.69, 9.17) is 4.74 Å². The Morgan fingerprint density at radius 3 is 3.00 bits per heavy atom. The number of hydrogen-bond donors (Lipinski definition) is 1. The molecule has 0 unspecified atom stereocenters. The number of nitrogens with zero attached hydrogens (tertiary/aromatic N) is 2. The van der Waals surface area contributed by atoms with Crippen LogP contribution >= 0.6 is 0 Å². The highest BCUT2D eigenvalue weighted by Gasteiger charge is 2.31. The lowest BCUT2D eigenvalue weighted by Crippen LogP contribution is -2.15. The number of aromatic nitrogens is 2. The molecule has 4 nitrogen and oxygen atoms in total. The summed E-state index contributed by atoms with van der Waals surface area (Å²) in [6.07, 6.45) is 5.44. The van der Waals surface area contributed by atoms with Crippen LogP contribution in [0.2, 0.25) is 0 Å². The molecule has 2 rings (SSSR count). The third kappa shape index (κ3) is 1.23. The summed E-state index contributed by atoms with van der Waals surface area (Å²) in [6.45, 7) is 1.88. The summed E-state index contributed by atoms with van der Waals surface area (Å²) < 4.78 is 7.36. The second-order valence-corrected chi connectivity index (χ2v) is 3.11. The van der Waals surface area contributed by atoms with Crippen molar-refractivity contribution in [2.24, 2.45) is 0 Å². The molecule has 1 saturated heterocycles. The Bertz CT molecular complexity index is 238. The Morgan fingerprint density at radius 1 is 1.67 bits per heavy atom. The first kappa shape index (κ1) is 7.76. The number of hydrogen-bond acceptors (Lipinski definition) is 3. The van der Waals surface area contributed by atoms with Crippen molar-refractivity contribution in [1.29, 1.82) is 0 Å². The molecule has 4 heteroatoms. The van der Waals surface area contributed by atoms with Gasteiger partial charge in [0.05, 0.1) is 18.5 Å². The minimum atomic E-state index is -0.350. The Kier molecular flexibility index (Phi) is 1.86. The Morgan fingerprint density at radius 2 is 2.50 bits per heavy atom. The van der Waals surface area contributed by atoms with Gasteiger partial charge in [-0.2, -0.15) is 0 Å². The van der Waals surface area contributed by atoms with Crippen molar-refractivity contribution >= 4 is 0 Å². The fourth-order valence-corrected chi connectivity index (χ4v) is 1.42. The zero-order valence-corrected chi connectivity index (χ0v) is 6.92. The van der Waals surface area contributed by atoms with E-state index in [1.165, 1.54) is 0 Å². The molecule has 0 aromatic carbocycles. The van der Waals surface area contributed by atoms with Gasteiger partial charge >= 0.3 is 0 Å². The SMILES string of the molecule is C[C@H]1O[C@@H](n2ccnc2)C[C@@H]1O. The molecule has 1 aromatic rings. The quantitative estimate of drug-likeness (QED) is 0.666. The first-order valence-corrected chi connectivity index (χ1v) is 4.08. The molecule has 0 amide bonds. The second kappa shape index (κ2) is 2.88. The summed E-state index contributed by atoms with van der Waals surface area (Å²) in [5, 5.41) is 9.41. The maximum atomic E-state index is 9.41. The van der Waals surface area contributed by atoms with Crippen molar-refractivity contribution in [2.75, 3.05) is 0 Å². The maximum absolute atomic E-state index is 9.41. The highest BCUT2D eigenvalue weighted by atomic mass is 16.5. The van der Waals surface area contributed by atoms with Gasteiger partial charge in [0.15, 0.2) is 0 Å². The van der Waals surface area contributed by atoms with Crippen LogP contribution in [0.4, 0.5) is 0 Å². The topological polar surface area (TPSA) is 47.3 Å². The predicted molar refractivity (Wildman–Crippen MR) is 42.4 cm³/mol. The van der Waals surface area contributed by atoms with E-state index < -0.39 is 0 Å². The van der Waals surface area contributed by atoms with Gasteiger partial charge < -0.3 is 14.4 Å². The molecule has 0 aliphatic carbocycles. The van der Waals surface area contributed by atoms with Crippen molar-refractivity contribution in [3.63, 3.8) is 0 Å². The van der Waals surface area contributed by atoms with Gasteiger partial charge in [0.1, 0.15) is 6.23 Å². The molecule has 1 fully saturated rings. The van der Waals surface area contributed by atoms with E-state index in [0.717, 1.165) is 0 Å². The fraction of sp³-hybridized carbons (Fsp3) is 0.625. The molecule has 66 valence electrons. The normalized spacial score (nSPS) is 35.7. The molecule has 0 spiro atoms. The third-order valence-corrected chi connectivity index (χ3v) is 2.21. The van der Waals surface area contributed by atoms with E-state index in [0.29, 0.717) is 6.42 Å². The van der Waals surface area contributed by atoms with Gasteiger partial charge in [-0.1, -0.05) is 0 Å². The summed E-state index contributed by atoms with van der Waals surface area (Å²) in [5.41, 5.74) is 0. The van der Waals surface area contributed by atoms with E-state index in [-0.39, 0.29) is 18.4 Å². The van der Waals surface area contributed by atoms with E-state index >= 15 is 0 Å². The molecule has 0 bridgehead atoms. The highest BCUT2D eigenvalue weighted by molar-refractivity contribution is 4.83. The van der Waals surface area contributed by atoms with Gasteiger partial charge in [-0.3, -0.25) is 0 Å². The molecular formula is C8H12N2O2. The predicted octanol–water partition coefficient (Wildman–Crippen LogP) is 0.551. The Labute approximate surface area is 70.8 Å². The van der Waals surface area contributed by atoms with Gasteiger partial charge in [0.25, 0.3) is 0 Å². The van der Waals surface area contributed by atoms with E-state index in [9.17, 15) is 5.11 Å². The maximum Gasteiger partial charge on any atom is 0.137 e. The molecule has 3 atom stereocenters. The van der Waals surface area contributed by atoms with Crippen LogP contribution in [0, 0.1) is 0 Å². The van der Waals surface area contributed by atoms with Crippen LogP contribution in [0.5, 0.6) is 0 Å². The molecule has 1 aromatic heterocycles. The minimum Gasteiger partial charge on any atom is -0.390 e. The van der Waals surface area contributed by atoms with Crippen LogP contribution in [0.1, 0.15) is 19.6 Å². The van der Waals surface area contributed by atoms with Crippen LogP contribution in [0.3, 0.4) is 0 Å². The minimum absolute atomic E-state index is 0.0440. The number of rotatable bonds is 1. The molecular weight excluding hydrogens is 156 g/mol. The van der Waals surface area contributed by atoms with Crippen molar-refractivity contribution in [3.8, 4) is 0 Å². The van der Waals surface area contributed by atoms with Gasteiger partial charge in [-0.05, 0) is 6.92 Å². The summed E-state index contributed by atoms with van der Waals surface area (Å²) in [6, 6.07) is 0. The first-order chi connectivity index (χ1) is 5.77. The van der Waals surface area contributed by atoms with Crippen molar-refractivity contribution in [3.05, 3.63) is 18.7 Å². The van der Waals surface area contributed by atoms with Crippen LogP contribution in [0.25, 0.3) is 0 Å². The first-order valence-electron chi connectivity index (χ1n) is 4.08. The summed E-state index contributed by atoms with van der Waals surface area (Å²) >= 11 is 0. The van der Waals surface area contributed by atoms with Crippen molar-refractivity contribution < 1.29 is 9.84 Å². The van der Waals surface area contributed by atoms with E-state index in [1.54, 1.807) is 12.5 Å². The number of aliphatic hydroxyl groups is 1. The monoisotopic (exact) mass is 168 g/mol. The van der Waals surface area contributed by atoms with Gasteiger partial charge in [-0.25, -0.2) is 4.98 Å². The van der Waals surface area contributed by atoms with E-state index in [2.05, 4.69) is 4.98 Å².